The summed E-state index contributed by atoms with van der Waals surface area (Å²) in [6.07, 6.45) is -0.654. The lowest BCUT2D eigenvalue weighted by atomic mass is 9.92. The molecule has 152 valence electrons. The van der Waals surface area contributed by atoms with E-state index in [9.17, 15) is 18.0 Å². The summed E-state index contributed by atoms with van der Waals surface area (Å²) >= 11 is 0. The Morgan fingerprint density at radius 2 is 1.90 bits per heavy atom. The van der Waals surface area contributed by atoms with Crippen molar-refractivity contribution >= 4 is 17.2 Å². The Labute approximate surface area is 168 Å². The van der Waals surface area contributed by atoms with Crippen LogP contribution in [-0.2, 0) is 6.18 Å². The fraction of sp³-hybridized carbons (Fsp3) is 0.150. The van der Waals surface area contributed by atoms with Gasteiger partial charge in [0.05, 0.1) is 23.1 Å². The minimum atomic E-state index is -4.74. The summed E-state index contributed by atoms with van der Waals surface area (Å²) in [5, 5.41) is 14.0. The number of carbonyl (C=O) groups excluding carboxylic acids is 1. The molecule has 0 bridgehead atoms. The highest BCUT2D eigenvalue weighted by atomic mass is 19.4. The van der Waals surface area contributed by atoms with Crippen LogP contribution in [-0.4, -0.2) is 30.7 Å². The third-order valence-electron chi connectivity index (χ3n) is 4.72. The van der Waals surface area contributed by atoms with Crippen LogP contribution in [0.4, 0.5) is 18.9 Å². The van der Waals surface area contributed by atoms with Gasteiger partial charge in [0.1, 0.15) is 0 Å². The summed E-state index contributed by atoms with van der Waals surface area (Å²) in [4.78, 5) is 16.9. The predicted molar refractivity (Wildman–Crippen MR) is 103 cm³/mol. The van der Waals surface area contributed by atoms with Crippen LogP contribution >= 0.6 is 0 Å². The second kappa shape index (κ2) is 7.21. The van der Waals surface area contributed by atoms with E-state index < -0.39 is 17.6 Å². The second-order valence-electron chi connectivity index (χ2n) is 6.61. The van der Waals surface area contributed by atoms with Crippen molar-refractivity contribution in [2.75, 3.05) is 5.32 Å². The minimum absolute atomic E-state index is 0.0120. The first-order chi connectivity index (χ1) is 14.3. The molecule has 10 heteroatoms. The molecule has 30 heavy (non-hydrogen) atoms. The van der Waals surface area contributed by atoms with E-state index in [1.54, 1.807) is 26.0 Å². The molecule has 3 heterocycles. The van der Waals surface area contributed by atoms with Crippen LogP contribution in [0.1, 0.15) is 27.2 Å². The van der Waals surface area contributed by atoms with Crippen molar-refractivity contribution < 1.29 is 18.0 Å². The van der Waals surface area contributed by atoms with E-state index in [1.165, 1.54) is 41.3 Å². The molecule has 0 unspecified atom stereocenters. The number of anilines is 1. The smallest absolute Gasteiger partial charge is 0.320 e. The van der Waals surface area contributed by atoms with Crippen molar-refractivity contribution in [3.63, 3.8) is 0 Å². The molecular weight excluding hydrogens is 397 g/mol. The molecular formula is C20H15F3N6O. The van der Waals surface area contributed by atoms with Gasteiger partial charge < -0.3 is 5.32 Å². The maximum Gasteiger partial charge on any atom is 0.419 e. The molecule has 3 aromatic heterocycles. The van der Waals surface area contributed by atoms with Crippen LogP contribution in [0, 0.1) is 13.8 Å². The van der Waals surface area contributed by atoms with Crippen molar-refractivity contribution in [3.05, 3.63) is 71.3 Å². The van der Waals surface area contributed by atoms with Crippen molar-refractivity contribution in [2.24, 2.45) is 0 Å². The van der Waals surface area contributed by atoms with Gasteiger partial charge >= 0.3 is 6.18 Å². The van der Waals surface area contributed by atoms with Crippen LogP contribution in [0.25, 0.3) is 16.9 Å². The van der Waals surface area contributed by atoms with E-state index >= 15 is 0 Å². The number of fused-ring (bicyclic) bond motifs is 1. The number of amides is 1. The maximum absolute atomic E-state index is 14.1. The molecule has 0 radical (unpaired) electrons. The first kappa shape index (κ1) is 19.5. The summed E-state index contributed by atoms with van der Waals surface area (Å²) in [5.74, 6) is -0.764. The Balaban J connectivity index is 1.88. The zero-order valence-electron chi connectivity index (χ0n) is 15.9. The normalized spacial score (nSPS) is 11.6. The highest BCUT2D eigenvalue weighted by molar-refractivity contribution is 6.04. The molecule has 0 aliphatic rings. The molecule has 4 rings (SSSR count). The molecule has 0 atom stereocenters. The first-order valence-electron chi connectivity index (χ1n) is 8.87. The number of halogens is 3. The quantitative estimate of drug-likeness (QED) is 0.548. The number of nitrogens with one attached hydrogen (secondary N) is 1. The van der Waals surface area contributed by atoms with Crippen molar-refractivity contribution in [1.82, 2.24) is 24.8 Å². The van der Waals surface area contributed by atoms with Gasteiger partial charge in [-0.2, -0.15) is 28.5 Å². The monoisotopic (exact) mass is 412 g/mol. The molecule has 0 spiro atoms. The van der Waals surface area contributed by atoms with Crippen LogP contribution < -0.4 is 5.32 Å². The highest BCUT2D eigenvalue weighted by Gasteiger charge is 2.39. The van der Waals surface area contributed by atoms with E-state index in [0.29, 0.717) is 16.8 Å². The molecule has 1 amide bonds. The fourth-order valence-electron chi connectivity index (χ4n) is 3.23. The number of hydrogen-bond donors (Lipinski definition) is 1. The van der Waals surface area contributed by atoms with Gasteiger partial charge in [-0.25, -0.2) is 9.50 Å². The zero-order chi connectivity index (χ0) is 21.5. The van der Waals surface area contributed by atoms with E-state index in [2.05, 4.69) is 25.6 Å². The zero-order valence-corrected chi connectivity index (χ0v) is 15.9. The number of nitrogens with zero attached hydrogens (tertiary/aromatic N) is 5. The number of aromatic nitrogens is 5. The van der Waals surface area contributed by atoms with Gasteiger partial charge in [0.25, 0.3) is 5.91 Å². The number of carbonyl (C=O) groups is 1. The van der Waals surface area contributed by atoms with Crippen molar-refractivity contribution in [2.45, 2.75) is 20.0 Å². The molecule has 0 saturated heterocycles. The van der Waals surface area contributed by atoms with Gasteiger partial charge in [0.15, 0.2) is 11.3 Å². The van der Waals surface area contributed by atoms with Crippen LogP contribution in [0.2, 0.25) is 0 Å². The maximum atomic E-state index is 14.1. The summed E-state index contributed by atoms with van der Waals surface area (Å²) < 4.78 is 43.6. The van der Waals surface area contributed by atoms with Crippen LogP contribution in [0.5, 0.6) is 0 Å². The van der Waals surface area contributed by atoms with Crippen molar-refractivity contribution in [1.29, 1.82) is 0 Å². The highest BCUT2D eigenvalue weighted by Crippen LogP contribution is 2.44. The molecule has 0 aliphatic carbocycles. The lowest BCUT2D eigenvalue weighted by Crippen LogP contribution is -2.20. The SMILES string of the molecule is Cc1cc(NC(=O)c2cnc3cccnn23)c(C(F)(F)F)c(-c2cccnn2)c1C. The number of rotatable bonds is 3. The van der Waals surface area contributed by atoms with Gasteiger partial charge in [-0.05, 0) is 55.3 Å². The van der Waals surface area contributed by atoms with Crippen LogP contribution in [0.3, 0.4) is 0 Å². The first-order valence-corrected chi connectivity index (χ1v) is 8.87. The summed E-state index contributed by atoms with van der Waals surface area (Å²) in [7, 11) is 0. The molecule has 4 aromatic rings. The van der Waals surface area contributed by atoms with E-state index in [1.807, 2.05) is 0 Å². The van der Waals surface area contributed by atoms with Gasteiger partial charge in [-0.1, -0.05) is 0 Å². The third kappa shape index (κ3) is 3.36. The van der Waals surface area contributed by atoms with Crippen molar-refractivity contribution in [3.8, 4) is 11.3 Å². The number of imidazole rings is 1. The number of benzene rings is 1. The standard InChI is InChI=1S/C20H15F3N6O/c1-11-9-14(27-19(30)15-10-24-16-6-4-8-26-29(15)16)18(20(21,22)23)17(12(11)2)13-5-3-7-25-28-13/h3-10H,1-2H3,(H,27,30). The average Bonchev–Trinajstić information content (AvgIpc) is 3.14. The lowest BCUT2D eigenvalue weighted by Gasteiger charge is -2.21. The van der Waals surface area contributed by atoms with Gasteiger partial charge in [0.2, 0.25) is 0 Å². The fourth-order valence-corrected chi connectivity index (χ4v) is 3.23. The van der Waals surface area contributed by atoms with Gasteiger partial charge in [-0.15, -0.1) is 0 Å². The predicted octanol–water partition coefficient (Wildman–Crippen LogP) is 4.07. The number of aryl methyl sites for hydroxylation is 1. The third-order valence-corrected chi connectivity index (χ3v) is 4.72. The van der Waals surface area contributed by atoms with Gasteiger partial charge in [-0.3, -0.25) is 4.79 Å². The van der Waals surface area contributed by atoms with Gasteiger partial charge in [0, 0.05) is 18.0 Å². The average molecular weight is 412 g/mol. The molecule has 0 saturated carbocycles. The topological polar surface area (TPSA) is 85.1 Å². The minimum Gasteiger partial charge on any atom is -0.320 e. The number of alkyl halides is 3. The summed E-state index contributed by atoms with van der Waals surface area (Å²) in [6, 6.07) is 7.53. The lowest BCUT2D eigenvalue weighted by molar-refractivity contribution is -0.136. The molecule has 0 fully saturated rings. The molecule has 1 aromatic carbocycles. The molecule has 7 nitrogen and oxygen atoms in total. The largest absolute Gasteiger partial charge is 0.419 e. The Bertz CT molecular complexity index is 1250. The second-order valence-corrected chi connectivity index (χ2v) is 6.61. The Hall–Kier alpha value is -3.82. The Morgan fingerprint density at radius 1 is 1.13 bits per heavy atom. The number of hydrogen-bond acceptors (Lipinski definition) is 5. The van der Waals surface area contributed by atoms with E-state index in [0.717, 1.165) is 0 Å². The van der Waals surface area contributed by atoms with E-state index in [-0.39, 0.29) is 22.6 Å². The van der Waals surface area contributed by atoms with E-state index in [4.69, 9.17) is 0 Å². The Morgan fingerprint density at radius 3 is 2.60 bits per heavy atom. The summed E-state index contributed by atoms with van der Waals surface area (Å²) in [6.45, 7) is 3.25. The Kier molecular flexibility index (Phi) is 4.69. The molecule has 0 aliphatic heterocycles. The molecule has 1 N–H and O–H groups in total. The van der Waals surface area contributed by atoms with Crippen LogP contribution in [0.15, 0.2) is 48.9 Å². The summed E-state index contributed by atoms with van der Waals surface area (Å²) in [5.41, 5.74) is -0.0342.